The van der Waals surface area contributed by atoms with Crippen molar-refractivity contribution in [3.05, 3.63) is 219 Å². The SMILES string of the molecule is c1ccc(-n2c3ccccc3c3ccc(-c4ccc5c(c4)c4ccccc4n5-c4ncc(-c5ccc(-c6cc(-c7ccncc7)cc(-c7ccncc7)c6)cc5)cn4)cc32)cc1. The summed E-state index contributed by atoms with van der Waals surface area (Å²) < 4.78 is 4.55. The van der Waals surface area contributed by atoms with Gasteiger partial charge in [-0.2, -0.15) is 0 Å². The summed E-state index contributed by atoms with van der Waals surface area (Å²) in [5.74, 6) is 0.634. The molecule has 0 amide bonds. The van der Waals surface area contributed by atoms with Gasteiger partial charge in [-0.1, -0.05) is 97.1 Å². The molecule has 0 fully saturated rings. The van der Waals surface area contributed by atoms with Gasteiger partial charge in [0.2, 0.25) is 5.95 Å². The Kier molecular flexibility index (Phi) is 8.38. The smallest absolute Gasteiger partial charge is 0.234 e. The van der Waals surface area contributed by atoms with E-state index in [-0.39, 0.29) is 0 Å². The zero-order valence-corrected chi connectivity index (χ0v) is 33.5. The van der Waals surface area contributed by atoms with Crippen molar-refractivity contribution in [1.29, 1.82) is 0 Å². The van der Waals surface area contributed by atoms with Crippen molar-refractivity contribution in [1.82, 2.24) is 29.1 Å². The Bertz CT molecular complexity index is 3540. The topological polar surface area (TPSA) is 61.4 Å². The molecule has 0 radical (unpaired) electrons. The molecule has 5 heterocycles. The van der Waals surface area contributed by atoms with Gasteiger partial charge >= 0.3 is 0 Å². The van der Waals surface area contributed by atoms with E-state index in [9.17, 15) is 0 Å². The number of aromatic nitrogens is 6. The van der Waals surface area contributed by atoms with Gasteiger partial charge in [0.15, 0.2) is 0 Å². The van der Waals surface area contributed by atoms with E-state index < -0.39 is 0 Å². The first-order valence-electron chi connectivity index (χ1n) is 20.7. The molecule has 6 nitrogen and oxygen atoms in total. The van der Waals surface area contributed by atoms with Crippen LogP contribution in [0.2, 0.25) is 0 Å². The first kappa shape index (κ1) is 35.5. The second-order valence-electron chi connectivity index (χ2n) is 15.6. The number of nitrogens with zero attached hydrogens (tertiary/aromatic N) is 6. The van der Waals surface area contributed by atoms with E-state index >= 15 is 0 Å². The number of hydrogen-bond donors (Lipinski definition) is 0. The van der Waals surface area contributed by atoms with Gasteiger partial charge in [0, 0.05) is 70.0 Å². The van der Waals surface area contributed by atoms with Crippen molar-refractivity contribution in [3.63, 3.8) is 0 Å². The Morgan fingerprint density at radius 2 is 0.726 bits per heavy atom. The van der Waals surface area contributed by atoms with Crippen molar-refractivity contribution in [2.45, 2.75) is 0 Å². The van der Waals surface area contributed by atoms with Crippen LogP contribution in [0.15, 0.2) is 219 Å². The molecule has 0 N–H and O–H groups in total. The standard InChI is InChI=1S/C56H36N6/c1-2-8-47(9-3-1)61-52-12-6-4-10-48(52)50-20-18-42(34-55(50)61)41-19-21-54-51(33-41)49-11-5-7-13-53(49)62(54)56-59-35-46(36-60-56)38-16-14-37(15-17-38)43-30-44(39-22-26-57-27-23-39)32-45(31-43)40-24-28-58-29-25-40/h1-36H. The summed E-state index contributed by atoms with van der Waals surface area (Å²) in [7, 11) is 0. The maximum absolute atomic E-state index is 4.98. The van der Waals surface area contributed by atoms with Crippen LogP contribution < -0.4 is 0 Å². The van der Waals surface area contributed by atoms with Crippen LogP contribution in [-0.4, -0.2) is 29.1 Å². The molecule has 0 aliphatic heterocycles. The average molecular weight is 793 g/mol. The highest BCUT2D eigenvalue weighted by Crippen LogP contribution is 2.39. The van der Waals surface area contributed by atoms with E-state index in [1.165, 1.54) is 27.4 Å². The molecule has 290 valence electrons. The summed E-state index contributed by atoms with van der Waals surface area (Å²) in [6, 6.07) is 65.0. The lowest BCUT2D eigenvalue weighted by atomic mass is 9.93. The lowest BCUT2D eigenvalue weighted by Crippen LogP contribution is -2.00. The summed E-state index contributed by atoms with van der Waals surface area (Å²) in [6.07, 6.45) is 11.2. The van der Waals surface area contributed by atoms with Crippen molar-refractivity contribution in [2.75, 3.05) is 0 Å². The van der Waals surface area contributed by atoms with Gasteiger partial charge in [-0.3, -0.25) is 14.5 Å². The fourth-order valence-corrected chi connectivity index (χ4v) is 9.03. The van der Waals surface area contributed by atoms with Crippen molar-refractivity contribution in [3.8, 4) is 67.3 Å². The molecule has 6 heteroatoms. The quantitative estimate of drug-likeness (QED) is 0.161. The molecule has 0 aliphatic carbocycles. The molecule has 0 saturated heterocycles. The molecule has 62 heavy (non-hydrogen) atoms. The molecule has 12 aromatic rings. The van der Waals surface area contributed by atoms with E-state index in [2.05, 4.69) is 177 Å². The second-order valence-corrected chi connectivity index (χ2v) is 15.6. The lowest BCUT2D eigenvalue weighted by Gasteiger charge is -2.12. The molecule has 0 atom stereocenters. The van der Waals surface area contributed by atoms with Gasteiger partial charge in [-0.05, 0) is 135 Å². The van der Waals surface area contributed by atoms with Gasteiger partial charge in [0.1, 0.15) is 0 Å². The molecule has 12 rings (SSSR count). The number of pyridine rings is 2. The molecule has 0 unspecified atom stereocenters. The summed E-state index contributed by atoms with van der Waals surface area (Å²) >= 11 is 0. The molecule has 7 aromatic carbocycles. The average Bonchev–Trinajstić information content (AvgIpc) is 3.87. The van der Waals surface area contributed by atoms with Crippen LogP contribution in [0.3, 0.4) is 0 Å². The summed E-state index contributed by atoms with van der Waals surface area (Å²) in [5.41, 5.74) is 16.8. The minimum Gasteiger partial charge on any atom is -0.309 e. The molecule has 0 spiro atoms. The van der Waals surface area contributed by atoms with Crippen LogP contribution >= 0.6 is 0 Å². The highest BCUT2D eigenvalue weighted by molar-refractivity contribution is 6.12. The Hall–Kier alpha value is -8.48. The normalized spacial score (nSPS) is 11.5. The summed E-state index contributed by atoms with van der Waals surface area (Å²) in [4.78, 5) is 18.4. The van der Waals surface area contributed by atoms with Crippen LogP contribution in [-0.2, 0) is 0 Å². The van der Waals surface area contributed by atoms with E-state index in [0.717, 1.165) is 77.6 Å². The predicted octanol–water partition coefficient (Wildman–Crippen LogP) is 13.8. The number of benzene rings is 7. The monoisotopic (exact) mass is 792 g/mol. The molecular formula is C56H36N6. The maximum atomic E-state index is 4.98. The predicted molar refractivity (Wildman–Crippen MR) is 253 cm³/mol. The second kappa shape index (κ2) is 14.7. The number of hydrogen-bond acceptors (Lipinski definition) is 4. The van der Waals surface area contributed by atoms with Crippen molar-refractivity contribution in [2.24, 2.45) is 0 Å². The third-order valence-electron chi connectivity index (χ3n) is 12.0. The van der Waals surface area contributed by atoms with E-state index in [4.69, 9.17) is 9.97 Å². The molecule has 0 aliphatic rings. The van der Waals surface area contributed by atoms with E-state index in [1.807, 2.05) is 61.4 Å². The number of para-hydroxylation sites is 3. The maximum Gasteiger partial charge on any atom is 0.234 e. The van der Waals surface area contributed by atoms with Gasteiger partial charge in [-0.25, -0.2) is 9.97 Å². The third-order valence-corrected chi connectivity index (χ3v) is 12.0. The number of rotatable bonds is 7. The van der Waals surface area contributed by atoms with E-state index in [1.54, 1.807) is 0 Å². The fraction of sp³-hybridized carbons (Fsp3) is 0. The molecular weight excluding hydrogens is 757 g/mol. The number of fused-ring (bicyclic) bond motifs is 6. The van der Waals surface area contributed by atoms with Crippen LogP contribution in [0.5, 0.6) is 0 Å². The zero-order chi connectivity index (χ0) is 41.0. The minimum atomic E-state index is 0.634. The summed E-state index contributed by atoms with van der Waals surface area (Å²) in [6.45, 7) is 0. The van der Waals surface area contributed by atoms with Crippen LogP contribution in [0.4, 0.5) is 0 Å². The largest absolute Gasteiger partial charge is 0.309 e. The van der Waals surface area contributed by atoms with Crippen molar-refractivity contribution < 1.29 is 0 Å². The fourth-order valence-electron chi connectivity index (χ4n) is 9.03. The highest BCUT2D eigenvalue weighted by atomic mass is 15.1. The van der Waals surface area contributed by atoms with Gasteiger partial charge in [0.05, 0.1) is 22.1 Å². The van der Waals surface area contributed by atoms with Gasteiger partial charge in [-0.15, -0.1) is 0 Å². The minimum absolute atomic E-state index is 0.634. The Morgan fingerprint density at radius 3 is 1.35 bits per heavy atom. The van der Waals surface area contributed by atoms with Gasteiger partial charge < -0.3 is 4.57 Å². The zero-order valence-electron chi connectivity index (χ0n) is 33.5. The Labute approximate surface area is 357 Å². The van der Waals surface area contributed by atoms with E-state index in [0.29, 0.717) is 5.95 Å². The van der Waals surface area contributed by atoms with Crippen LogP contribution in [0, 0.1) is 0 Å². The third kappa shape index (κ3) is 6.04. The lowest BCUT2D eigenvalue weighted by molar-refractivity contribution is 0.990. The first-order chi connectivity index (χ1) is 30.7. The highest BCUT2D eigenvalue weighted by Gasteiger charge is 2.17. The Morgan fingerprint density at radius 1 is 0.274 bits per heavy atom. The van der Waals surface area contributed by atoms with Crippen LogP contribution in [0.1, 0.15) is 0 Å². The molecule has 0 bridgehead atoms. The summed E-state index contributed by atoms with van der Waals surface area (Å²) in [5, 5.41) is 4.81. The Balaban J connectivity index is 0.889. The molecule has 5 aromatic heterocycles. The first-order valence-corrected chi connectivity index (χ1v) is 20.7. The van der Waals surface area contributed by atoms with Crippen molar-refractivity contribution >= 4 is 43.6 Å². The molecule has 0 saturated carbocycles. The van der Waals surface area contributed by atoms with Crippen LogP contribution in [0.25, 0.3) is 111 Å². The van der Waals surface area contributed by atoms with Gasteiger partial charge in [0.25, 0.3) is 0 Å².